The van der Waals surface area contributed by atoms with Crippen LogP contribution >= 0.6 is 0 Å². The van der Waals surface area contributed by atoms with Gasteiger partial charge in [-0.25, -0.2) is 0 Å². The van der Waals surface area contributed by atoms with Crippen molar-refractivity contribution in [2.45, 2.75) is 57.7 Å². The zero-order valence-corrected chi connectivity index (χ0v) is 18.1. The molecule has 0 aromatic heterocycles. The molecule has 2 aliphatic rings. The van der Waals surface area contributed by atoms with E-state index in [1.807, 2.05) is 24.3 Å². The number of nitrogens with zero attached hydrogens (tertiary/aromatic N) is 1. The first-order valence-corrected chi connectivity index (χ1v) is 10.9. The number of Topliss-reactive ketones (excluding diaryl/α,β-unsaturated/α-hetero) is 1. The first-order valence-electron chi connectivity index (χ1n) is 10.9. The van der Waals surface area contributed by atoms with Crippen LogP contribution in [0.1, 0.15) is 51.0 Å². The van der Waals surface area contributed by atoms with Crippen LogP contribution in [0.5, 0.6) is 17.2 Å². The average Bonchev–Trinajstić information content (AvgIpc) is 3.43. The minimum atomic E-state index is 0.137. The molecule has 1 aliphatic carbocycles. The highest BCUT2D eigenvalue weighted by Gasteiger charge is 2.27. The molecule has 5 heteroatoms. The molecule has 0 radical (unpaired) electrons. The second-order valence-corrected chi connectivity index (χ2v) is 8.50. The molecule has 0 N–H and O–H groups in total. The molecule has 1 aliphatic heterocycles. The van der Waals surface area contributed by atoms with E-state index < -0.39 is 0 Å². The zero-order chi connectivity index (χ0) is 21.1. The average molecular weight is 410 g/mol. The number of methoxy groups -OCH3 is 1. The molecule has 2 aromatic rings. The SMILES string of the molecule is COc1cc(OC2CC2)ccc1N1CCC(Oc2ccc([C@H](C)CC(C)=O)cc2)C1. The topological polar surface area (TPSA) is 48.0 Å². The summed E-state index contributed by atoms with van der Waals surface area (Å²) in [6.07, 6.45) is 4.34. The molecule has 1 saturated heterocycles. The van der Waals surface area contributed by atoms with Gasteiger partial charge in [0.05, 0.1) is 25.4 Å². The van der Waals surface area contributed by atoms with Crippen molar-refractivity contribution in [1.29, 1.82) is 0 Å². The standard InChI is InChI=1S/C25H31NO4/c1-17(14-18(2)27)19-4-6-20(7-5-19)30-23-12-13-26(16-23)24-11-10-22(15-25(24)28-3)29-21-8-9-21/h4-7,10-11,15,17,21,23H,8-9,12-14,16H2,1-3H3/t17-,23?/m1/s1. The largest absolute Gasteiger partial charge is 0.494 e. The number of rotatable bonds is 9. The quantitative estimate of drug-likeness (QED) is 0.585. The van der Waals surface area contributed by atoms with E-state index in [-0.39, 0.29) is 17.8 Å². The van der Waals surface area contributed by atoms with Crippen LogP contribution in [0, 0.1) is 0 Å². The zero-order valence-electron chi connectivity index (χ0n) is 18.1. The van der Waals surface area contributed by atoms with Gasteiger partial charge in [-0.1, -0.05) is 19.1 Å². The van der Waals surface area contributed by atoms with E-state index >= 15 is 0 Å². The summed E-state index contributed by atoms with van der Waals surface area (Å²) in [7, 11) is 1.71. The molecule has 5 nitrogen and oxygen atoms in total. The fourth-order valence-electron chi connectivity index (χ4n) is 4.03. The van der Waals surface area contributed by atoms with Crippen LogP contribution in [0.4, 0.5) is 5.69 Å². The summed E-state index contributed by atoms with van der Waals surface area (Å²) >= 11 is 0. The van der Waals surface area contributed by atoms with Crippen molar-refractivity contribution in [3.8, 4) is 17.2 Å². The van der Waals surface area contributed by atoms with E-state index in [1.54, 1.807) is 14.0 Å². The molecule has 0 amide bonds. The summed E-state index contributed by atoms with van der Waals surface area (Å²) < 4.78 is 17.7. The third-order valence-corrected chi connectivity index (χ3v) is 5.81. The monoisotopic (exact) mass is 409 g/mol. The Morgan fingerprint density at radius 3 is 2.40 bits per heavy atom. The highest BCUT2D eigenvalue weighted by Crippen LogP contribution is 2.37. The molecule has 0 bridgehead atoms. The molecular formula is C25H31NO4. The number of anilines is 1. The maximum atomic E-state index is 11.3. The van der Waals surface area contributed by atoms with Gasteiger partial charge in [0.1, 0.15) is 29.1 Å². The van der Waals surface area contributed by atoms with Gasteiger partial charge in [0.2, 0.25) is 0 Å². The Morgan fingerprint density at radius 2 is 1.73 bits per heavy atom. The molecule has 2 fully saturated rings. The fraction of sp³-hybridized carbons (Fsp3) is 0.480. The molecule has 30 heavy (non-hydrogen) atoms. The Balaban J connectivity index is 1.36. The number of carbonyl (C=O) groups excluding carboxylic acids is 1. The minimum absolute atomic E-state index is 0.137. The predicted molar refractivity (Wildman–Crippen MR) is 118 cm³/mol. The van der Waals surface area contributed by atoms with Gasteiger partial charge >= 0.3 is 0 Å². The van der Waals surface area contributed by atoms with Crippen molar-refractivity contribution >= 4 is 11.5 Å². The van der Waals surface area contributed by atoms with Crippen LogP contribution in [0.15, 0.2) is 42.5 Å². The lowest BCUT2D eigenvalue weighted by atomic mass is 9.96. The molecule has 160 valence electrons. The maximum Gasteiger partial charge on any atom is 0.145 e. The van der Waals surface area contributed by atoms with Crippen molar-refractivity contribution in [2.24, 2.45) is 0 Å². The summed E-state index contributed by atoms with van der Waals surface area (Å²) in [5.74, 6) is 3.05. The molecule has 4 rings (SSSR count). The van der Waals surface area contributed by atoms with Gasteiger partial charge in [0.25, 0.3) is 0 Å². The highest BCUT2D eigenvalue weighted by atomic mass is 16.5. The summed E-state index contributed by atoms with van der Waals surface area (Å²) in [5.41, 5.74) is 2.25. The Kier molecular flexibility index (Phi) is 6.16. The van der Waals surface area contributed by atoms with Gasteiger partial charge in [0.15, 0.2) is 0 Å². The predicted octanol–water partition coefficient (Wildman–Crippen LogP) is 4.98. The second-order valence-electron chi connectivity index (χ2n) is 8.50. The van der Waals surface area contributed by atoms with E-state index in [9.17, 15) is 4.79 Å². The third-order valence-electron chi connectivity index (χ3n) is 5.81. The summed E-state index contributed by atoms with van der Waals surface area (Å²) in [4.78, 5) is 13.7. The summed E-state index contributed by atoms with van der Waals surface area (Å²) in [6.45, 7) is 5.47. The molecule has 2 atom stereocenters. The van der Waals surface area contributed by atoms with Crippen LogP contribution in [0.25, 0.3) is 0 Å². The smallest absolute Gasteiger partial charge is 0.145 e. The van der Waals surface area contributed by atoms with E-state index in [2.05, 4.69) is 30.0 Å². The lowest BCUT2D eigenvalue weighted by Gasteiger charge is -2.22. The number of hydrogen-bond acceptors (Lipinski definition) is 5. The van der Waals surface area contributed by atoms with Gasteiger partial charge in [-0.3, -0.25) is 0 Å². The Bertz CT molecular complexity index is 875. The number of ketones is 1. The van der Waals surface area contributed by atoms with Gasteiger partial charge < -0.3 is 23.9 Å². The highest BCUT2D eigenvalue weighted by molar-refractivity contribution is 5.76. The number of ether oxygens (including phenoxy) is 3. The first kappa shape index (κ1) is 20.6. The van der Waals surface area contributed by atoms with Gasteiger partial charge in [0, 0.05) is 25.5 Å². The molecule has 1 heterocycles. The lowest BCUT2D eigenvalue weighted by molar-refractivity contribution is -0.117. The Morgan fingerprint density at radius 1 is 1.03 bits per heavy atom. The summed E-state index contributed by atoms with van der Waals surface area (Å²) in [6, 6.07) is 14.3. The van der Waals surface area contributed by atoms with Crippen LogP contribution in [-0.4, -0.2) is 38.2 Å². The number of benzene rings is 2. The fourth-order valence-corrected chi connectivity index (χ4v) is 4.03. The lowest BCUT2D eigenvalue weighted by Crippen LogP contribution is -2.24. The number of carbonyl (C=O) groups is 1. The van der Waals surface area contributed by atoms with Gasteiger partial charge in [-0.2, -0.15) is 0 Å². The van der Waals surface area contributed by atoms with Crippen LogP contribution in [0.3, 0.4) is 0 Å². The van der Waals surface area contributed by atoms with E-state index in [0.29, 0.717) is 12.5 Å². The van der Waals surface area contributed by atoms with Crippen molar-refractivity contribution < 1.29 is 19.0 Å². The van der Waals surface area contributed by atoms with E-state index in [0.717, 1.165) is 55.3 Å². The van der Waals surface area contributed by atoms with Crippen molar-refractivity contribution in [2.75, 3.05) is 25.1 Å². The second kappa shape index (κ2) is 8.99. The Hall–Kier alpha value is -2.69. The summed E-state index contributed by atoms with van der Waals surface area (Å²) in [5, 5.41) is 0. The molecule has 0 spiro atoms. The molecule has 2 aromatic carbocycles. The van der Waals surface area contributed by atoms with Crippen molar-refractivity contribution in [1.82, 2.24) is 0 Å². The van der Waals surface area contributed by atoms with Crippen LogP contribution < -0.4 is 19.1 Å². The van der Waals surface area contributed by atoms with Crippen LogP contribution in [0.2, 0.25) is 0 Å². The third kappa shape index (κ3) is 5.07. The normalized spacial score (nSPS) is 19.4. The van der Waals surface area contributed by atoms with Crippen molar-refractivity contribution in [3.63, 3.8) is 0 Å². The van der Waals surface area contributed by atoms with Crippen molar-refractivity contribution in [3.05, 3.63) is 48.0 Å². The van der Waals surface area contributed by atoms with Crippen LogP contribution in [-0.2, 0) is 4.79 Å². The van der Waals surface area contributed by atoms with Gasteiger partial charge in [-0.05, 0) is 55.5 Å². The number of hydrogen-bond donors (Lipinski definition) is 0. The Labute approximate surface area is 178 Å². The maximum absolute atomic E-state index is 11.3. The van der Waals surface area contributed by atoms with Gasteiger partial charge in [-0.15, -0.1) is 0 Å². The molecule has 1 saturated carbocycles. The van der Waals surface area contributed by atoms with E-state index in [4.69, 9.17) is 14.2 Å². The molecule has 1 unspecified atom stereocenters. The van der Waals surface area contributed by atoms with E-state index in [1.165, 1.54) is 5.56 Å². The first-order chi connectivity index (χ1) is 14.5. The minimum Gasteiger partial charge on any atom is -0.494 e. The molecular weight excluding hydrogens is 378 g/mol.